The van der Waals surface area contributed by atoms with Crippen molar-refractivity contribution in [2.45, 2.75) is 19.3 Å². The molecule has 0 bridgehead atoms. The van der Waals surface area contributed by atoms with Gasteiger partial charge in [0.25, 0.3) is 0 Å². The van der Waals surface area contributed by atoms with Gasteiger partial charge in [-0.1, -0.05) is 54.6 Å². The van der Waals surface area contributed by atoms with Crippen molar-refractivity contribution < 1.29 is 19.5 Å². The van der Waals surface area contributed by atoms with Crippen molar-refractivity contribution in [3.63, 3.8) is 0 Å². The molecule has 0 saturated heterocycles. The summed E-state index contributed by atoms with van der Waals surface area (Å²) in [4.78, 5) is 33.2. The van der Waals surface area contributed by atoms with Gasteiger partial charge >= 0.3 is 5.97 Å². The number of aliphatic carboxylic acids is 1. The zero-order chi connectivity index (χ0) is 15.9. The van der Waals surface area contributed by atoms with Gasteiger partial charge in [-0.25, -0.2) is 4.79 Å². The Balaban J connectivity index is 1.94. The molecule has 0 aliphatic carbocycles. The Morgan fingerprint density at radius 1 is 0.773 bits per heavy atom. The molecule has 2 aromatic rings. The van der Waals surface area contributed by atoms with Crippen LogP contribution in [0, 0.1) is 0 Å². The van der Waals surface area contributed by atoms with E-state index in [0.717, 1.165) is 18.4 Å². The van der Waals surface area contributed by atoms with Gasteiger partial charge in [0.05, 0.1) is 6.42 Å². The molecular formula is C18H16O4. The van der Waals surface area contributed by atoms with Crippen LogP contribution in [0.4, 0.5) is 0 Å². The maximum Gasteiger partial charge on any atom is 0.372 e. The van der Waals surface area contributed by atoms with Crippen LogP contribution in [0.3, 0.4) is 0 Å². The summed E-state index contributed by atoms with van der Waals surface area (Å²) in [6, 6.07) is 17.0. The van der Waals surface area contributed by atoms with Crippen LogP contribution in [0.2, 0.25) is 0 Å². The van der Waals surface area contributed by atoms with Gasteiger partial charge in [-0.2, -0.15) is 0 Å². The van der Waals surface area contributed by atoms with Crippen molar-refractivity contribution in [1.29, 1.82) is 0 Å². The smallest absolute Gasteiger partial charge is 0.372 e. The molecule has 4 heteroatoms. The standard InChI is InChI=1S/C18H16O4/c19-16(12-17(20)18(21)22)15-10-8-14(9-11-15)7-6-13-4-2-1-3-5-13/h1-5,8-11H,6-7,12H2,(H,21,22). The molecule has 1 N–H and O–H groups in total. The monoisotopic (exact) mass is 296 g/mol. The van der Waals surface area contributed by atoms with E-state index in [-0.39, 0.29) is 0 Å². The molecule has 2 aromatic carbocycles. The van der Waals surface area contributed by atoms with Gasteiger partial charge in [-0.15, -0.1) is 0 Å². The van der Waals surface area contributed by atoms with Gasteiger partial charge in [0.2, 0.25) is 5.78 Å². The fourth-order valence-electron chi connectivity index (χ4n) is 2.11. The van der Waals surface area contributed by atoms with Crippen LogP contribution in [-0.4, -0.2) is 22.6 Å². The van der Waals surface area contributed by atoms with Crippen molar-refractivity contribution in [2.24, 2.45) is 0 Å². The van der Waals surface area contributed by atoms with E-state index in [0.29, 0.717) is 5.56 Å². The molecule has 0 spiro atoms. The second-order valence-electron chi connectivity index (χ2n) is 5.01. The van der Waals surface area contributed by atoms with E-state index in [1.165, 1.54) is 5.56 Å². The molecule has 0 radical (unpaired) electrons. The third kappa shape index (κ3) is 4.38. The molecule has 0 heterocycles. The Bertz CT molecular complexity index is 672. The molecule has 0 aliphatic heterocycles. The lowest BCUT2D eigenvalue weighted by Gasteiger charge is -2.04. The number of hydrogen-bond donors (Lipinski definition) is 1. The summed E-state index contributed by atoms with van der Waals surface area (Å²) in [5, 5.41) is 8.50. The molecule has 0 aliphatic rings. The second-order valence-corrected chi connectivity index (χ2v) is 5.01. The Hall–Kier alpha value is -2.75. The molecule has 22 heavy (non-hydrogen) atoms. The Morgan fingerprint density at radius 2 is 1.32 bits per heavy atom. The predicted molar refractivity (Wildman–Crippen MR) is 81.9 cm³/mol. The minimum atomic E-state index is -1.58. The third-order valence-electron chi connectivity index (χ3n) is 3.38. The summed E-state index contributed by atoms with van der Waals surface area (Å²) in [6.45, 7) is 0. The van der Waals surface area contributed by atoms with E-state index < -0.39 is 24.0 Å². The van der Waals surface area contributed by atoms with E-state index in [9.17, 15) is 14.4 Å². The number of carboxylic acids is 1. The molecule has 0 saturated carbocycles. The van der Waals surface area contributed by atoms with Crippen LogP contribution < -0.4 is 0 Å². The van der Waals surface area contributed by atoms with Gasteiger partial charge in [0.1, 0.15) is 0 Å². The van der Waals surface area contributed by atoms with Crippen molar-refractivity contribution >= 4 is 17.5 Å². The van der Waals surface area contributed by atoms with Crippen LogP contribution in [0.1, 0.15) is 27.9 Å². The average molecular weight is 296 g/mol. The van der Waals surface area contributed by atoms with Gasteiger partial charge in [0.15, 0.2) is 5.78 Å². The second kappa shape index (κ2) is 7.31. The SMILES string of the molecule is O=C(O)C(=O)CC(=O)c1ccc(CCc2ccccc2)cc1. The highest BCUT2D eigenvalue weighted by atomic mass is 16.4. The number of rotatable bonds is 7. The number of aryl methyl sites for hydroxylation is 2. The van der Waals surface area contributed by atoms with Crippen molar-refractivity contribution in [3.05, 3.63) is 71.3 Å². The molecule has 112 valence electrons. The zero-order valence-electron chi connectivity index (χ0n) is 12.0. The molecule has 0 fully saturated rings. The first kappa shape index (κ1) is 15.6. The van der Waals surface area contributed by atoms with Crippen LogP contribution in [0.5, 0.6) is 0 Å². The summed E-state index contributed by atoms with van der Waals surface area (Å²) in [5.74, 6) is -3.13. The predicted octanol–water partition coefficient (Wildman–Crippen LogP) is 2.70. The van der Waals surface area contributed by atoms with Gasteiger partial charge in [-0.05, 0) is 24.0 Å². The maximum absolute atomic E-state index is 11.8. The number of ketones is 2. The lowest BCUT2D eigenvalue weighted by molar-refractivity contribution is -0.148. The average Bonchev–Trinajstić information content (AvgIpc) is 2.54. The Labute approximate surface area is 128 Å². The minimum Gasteiger partial charge on any atom is -0.475 e. The quantitative estimate of drug-likeness (QED) is 0.484. The van der Waals surface area contributed by atoms with E-state index in [4.69, 9.17) is 5.11 Å². The minimum absolute atomic E-state index is 0.359. The normalized spacial score (nSPS) is 10.2. The summed E-state index contributed by atoms with van der Waals surface area (Å²) >= 11 is 0. The highest BCUT2D eigenvalue weighted by Gasteiger charge is 2.17. The fourth-order valence-corrected chi connectivity index (χ4v) is 2.11. The number of benzene rings is 2. The van der Waals surface area contributed by atoms with Crippen molar-refractivity contribution in [1.82, 2.24) is 0 Å². The molecule has 0 unspecified atom stereocenters. The third-order valence-corrected chi connectivity index (χ3v) is 3.38. The van der Waals surface area contributed by atoms with Gasteiger partial charge < -0.3 is 5.11 Å². The summed E-state index contributed by atoms with van der Waals surface area (Å²) < 4.78 is 0. The summed E-state index contributed by atoms with van der Waals surface area (Å²) in [6.07, 6.45) is 1.16. The number of carboxylic acid groups (broad SMARTS) is 1. The molecule has 0 amide bonds. The first-order chi connectivity index (χ1) is 10.6. The molecule has 2 rings (SSSR count). The largest absolute Gasteiger partial charge is 0.475 e. The molecule has 0 atom stereocenters. The first-order valence-electron chi connectivity index (χ1n) is 6.98. The van der Waals surface area contributed by atoms with E-state index in [1.807, 2.05) is 30.3 Å². The fraction of sp³-hybridized carbons (Fsp3) is 0.167. The lowest BCUT2D eigenvalue weighted by Crippen LogP contribution is -2.17. The van der Waals surface area contributed by atoms with Crippen LogP contribution in [0.25, 0.3) is 0 Å². The first-order valence-corrected chi connectivity index (χ1v) is 6.98. The summed E-state index contributed by atoms with van der Waals surface area (Å²) in [5.41, 5.74) is 2.69. The molecule has 0 aromatic heterocycles. The van der Waals surface area contributed by atoms with Gasteiger partial charge in [-0.3, -0.25) is 9.59 Å². The van der Waals surface area contributed by atoms with Crippen LogP contribution >= 0.6 is 0 Å². The number of Topliss-reactive ketones (excluding diaryl/α,β-unsaturated/α-hetero) is 2. The molecular weight excluding hydrogens is 280 g/mol. The van der Waals surface area contributed by atoms with Gasteiger partial charge in [0, 0.05) is 5.56 Å². The van der Waals surface area contributed by atoms with Crippen LogP contribution in [0.15, 0.2) is 54.6 Å². The van der Waals surface area contributed by atoms with E-state index in [2.05, 4.69) is 12.1 Å². The topological polar surface area (TPSA) is 71.4 Å². The Kier molecular flexibility index (Phi) is 5.20. The summed E-state index contributed by atoms with van der Waals surface area (Å²) in [7, 11) is 0. The highest BCUT2D eigenvalue weighted by Crippen LogP contribution is 2.11. The maximum atomic E-state index is 11.8. The Morgan fingerprint density at radius 3 is 1.86 bits per heavy atom. The number of hydrogen-bond acceptors (Lipinski definition) is 3. The lowest BCUT2D eigenvalue weighted by atomic mass is 10.0. The number of carbonyl (C=O) groups excluding carboxylic acids is 2. The zero-order valence-corrected chi connectivity index (χ0v) is 12.0. The van der Waals surface area contributed by atoms with Crippen molar-refractivity contribution in [3.8, 4) is 0 Å². The highest BCUT2D eigenvalue weighted by molar-refractivity contribution is 6.37. The van der Waals surface area contributed by atoms with Crippen LogP contribution in [-0.2, 0) is 22.4 Å². The van der Waals surface area contributed by atoms with Crippen molar-refractivity contribution in [2.75, 3.05) is 0 Å². The number of carbonyl (C=O) groups is 3. The van der Waals surface area contributed by atoms with E-state index in [1.54, 1.807) is 12.1 Å². The van der Waals surface area contributed by atoms with E-state index >= 15 is 0 Å². The molecule has 4 nitrogen and oxygen atoms in total.